The molecule has 16 heavy (non-hydrogen) atoms. The molecule has 1 unspecified atom stereocenters. The lowest BCUT2D eigenvalue weighted by Crippen LogP contribution is -2.09. The standard InChI is InChI=1S/C11H13ClO2S2/c12-16(13,14)11-5-1-3-9(7-11)10-4-2-6-15-8-10/h1,3,5,7,10H,2,4,6,8H2. The van der Waals surface area contributed by atoms with Crippen LogP contribution in [0.25, 0.3) is 0 Å². The first-order valence-electron chi connectivity index (χ1n) is 5.20. The van der Waals surface area contributed by atoms with Crippen LogP contribution in [0.15, 0.2) is 29.2 Å². The third-order valence-electron chi connectivity index (χ3n) is 2.77. The van der Waals surface area contributed by atoms with Gasteiger partial charge in [-0.2, -0.15) is 11.8 Å². The number of benzene rings is 1. The first kappa shape index (κ1) is 12.3. The largest absolute Gasteiger partial charge is 0.261 e. The van der Waals surface area contributed by atoms with Gasteiger partial charge in [0.05, 0.1) is 4.90 Å². The first-order valence-corrected chi connectivity index (χ1v) is 8.66. The van der Waals surface area contributed by atoms with Gasteiger partial charge in [-0.05, 0) is 42.2 Å². The average molecular weight is 277 g/mol. The van der Waals surface area contributed by atoms with E-state index in [4.69, 9.17) is 10.7 Å². The van der Waals surface area contributed by atoms with Gasteiger partial charge in [0.25, 0.3) is 9.05 Å². The molecular formula is C11H13ClO2S2. The summed E-state index contributed by atoms with van der Waals surface area (Å²) in [6, 6.07) is 7.01. The smallest absolute Gasteiger partial charge is 0.207 e. The second-order valence-electron chi connectivity index (χ2n) is 3.92. The lowest BCUT2D eigenvalue weighted by atomic mass is 9.96. The fourth-order valence-electron chi connectivity index (χ4n) is 1.92. The molecule has 1 saturated heterocycles. The van der Waals surface area contributed by atoms with Crippen LogP contribution in [0.1, 0.15) is 24.3 Å². The predicted octanol–water partition coefficient (Wildman–Crippen LogP) is 3.22. The maximum atomic E-state index is 11.2. The quantitative estimate of drug-likeness (QED) is 0.778. The summed E-state index contributed by atoms with van der Waals surface area (Å²) >= 11 is 1.93. The Morgan fingerprint density at radius 2 is 2.19 bits per heavy atom. The molecule has 0 radical (unpaired) electrons. The zero-order chi connectivity index (χ0) is 11.6. The monoisotopic (exact) mass is 276 g/mol. The molecule has 1 aromatic rings. The molecule has 1 aliphatic heterocycles. The van der Waals surface area contributed by atoms with E-state index < -0.39 is 9.05 Å². The van der Waals surface area contributed by atoms with Crippen LogP contribution in [0, 0.1) is 0 Å². The van der Waals surface area contributed by atoms with Crippen molar-refractivity contribution in [2.45, 2.75) is 23.7 Å². The lowest BCUT2D eigenvalue weighted by molar-refractivity contribution is 0.608. The number of hydrogen-bond acceptors (Lipinski definition) is 3. The Balaban J connectivity index is 2.28. The van der Waals surface area contributed by atoms with Gasteiger partial charge < -0.3 is 0 Å². The van der Waals surface area contributed by atoms with Crippen LogP contribution in [0.4, 0.5) is 0 Å². The zero-order valence-electron chi connectivity index (χ0n) is 8.73. The van der Waals surface area contributed by atoms with Crippen LogP contribution < -0.4 is 0 Å². The van der Waals surface area contributed by atoms with Gasteiger partial charge in [-0.15, -0.1) is 0 Å². The molecular weight excluding hydrogens is 264 g/mol. The van der Waals surface area contributed by atoms with E-state index in [0.717, 1.165) is 17.7 Å². The topological polar surface area (TPSA) is 34.1 Å². The van der Waals surface area contributed by atoms with E-state index in [-0.39, 0.29) is 4.90 Å². The Labute approximate surface area is 105 Å². The lowest BCUT2D eigenvalue weighted by Gasteiger charge is -2.21. The fourth-order valence-corrected chi connectivity index (χ4v) is 3.91. The minimum absolute atomic E-state index is 0.210. The van der Waals surface area contributed by atoms with Crippen LogP contribution in [-0.2, 0) is 9.05 Å². The highest BCUT2D eigenvalue weighted by atomic mass is 35.7. The molecule has 0 saturated carbocycles. The molecule has 2 nitrogen and oxygen atoms in total. The highest BCUT2D eigenvalue weighted by Gasteiger charge is 2.18. The SMILES string of the molecule is O=S(=O)(Cl)c1cccc(C2CCCSC2)c1. The van der Waals surface area contributed by atoms with Crippen molar-refractivity contribution in [3.63, 3.8) is 0 Å². The normalized spacial score (nSPS) is 21.9. The van der Waals surface area contributed by atoms with Crippen molar-refractivity contribution in [1.82, 2.24) is 0 Å². The van der Waals surface area contributed by atoms with Crippen molar-refractivity contribution in [2.75, 3.05) is 11.5 Å². The fraction of sp³-hybridized carbons (Fsp3) is 0.455. The van der Waals surface area contributed by atoms with Crippen LogP contribution >= 0.6 is 22.4 Å². The Kier molecular flexibility index (Phi) is 3.82. The van der Waals surface area contributed by atoms with Crippen molar-refractivity contribution in [2.24, 2.45) is 0 Å². The molecule has 1 aliphatic rings. The Bertz CT molecular complexity index is 465. The van der Waals surface area contributed by atoms with Crippen molar-refractivity contribution in [3.05, 3.63) is 29.8 Å². The van der Waals surface area contributed by atoms with Gasteiger partial charge in [0.2, 0.25) is 0 Å². The Morgan fingerprint density at radius 3 is 2.81 bits per heavy atom. The van der Waals surface area contributed by atoms with Gasteiger partial charge in [-0.3, -0.25) is 0 Å². The summed E-state index contributed by atoms with van der Waals surface area (Å²) < 4.78 is 22.5. The van der Waals surface area contributed by atoms with Crippen LogP contribution in [-0.4, -0.2) is 19.9 Å². The number of rotatable bonds is 2. The minimum Gasteiger partial charge on any atom is -0.207 e. The van der Waals surface area contributed by atoms with E-state index in [1.54, 1.807) is 18.2 Å². The van der Waals surface area contributed by atoms with Gasteiger partial charge in [0.1, 0.15) is 0 Å². The van der Waals surface area contributed by atoms with E-state index >= 15 is 0 Å². The van der Waals surface area contributed by atoms with Crippen molar-refractivity contribution >= 4 is 31.5 Å². The van der Waals surface area contributed by atoms with Gasteiger partial charge >= 0.3 is 0 Å². The van der Waals surface area contributed by atoms with Gasteiger partial charge in [0.15, 0.2) is 0 Å². The summed E-state index contributed by atoms with van der Waals surface area (Å²) in [6.45, 7) is 0. The average Bonchev–Trinajstić information content (AvgIpc) is 2.29. The minimum atomic E-state index is -3.60. The molecule has 0 spiro atoms. The molecule has 0 N–H and O–H groups in total. The molecule has 88 valence electrons. The second kappa shape index (κ2) is 4.98. The zero-order valence-corrected chi connectivity index (χ0v) is 11.1. The summed E-state index contributed by atoms with van der Waals surface area (Å²) in [5.41, 5.74) is 1.09. The molecule has 2 rings (SSSR count). The maximum Gasteiger partial charge on any atom is 0.261 e. The van der Waals surface area contributed by atoms with E-state index in [1.165, 1.54) is 12.2 Å². The highest BCUT2D eigenvalue weighted by Crippen LogP contribution is 2.32. The molecule has 1 fully saturated rings. The van der Waals surface area contributed by atoms with E-state index in [0.29, 0.717) is 5.92 Å². The third kappa shape index (κ3) is 2.93. The molecule has 0 aliphatic carbocycles. The predicted molar refractivity (Wildman–Crippen MR) is 68.8 cm³/mol. The van der Waals surface area contributed by atoms with E-state index in [2.05, 4.69) is 0 Å². The third-order valence-corrected chi connectivity index (χ3v) is 5.34. The number of hydrogen-bond donors (Lipinski definition) is 0. The Hall–Kier alpha value is -0.190. The van der Waals surface area contributed by atoms with Gasteiger partial charge in [-0.1, -0.05) is 12.1 Å². The highest BCUT2D eigenvalue weighted by molar-refractivity contribution is 8.13. The summed E-state index contributed by atoms with van der Waals surface area (Å²) in [6.07, 6.45) is 2.34. The van der Waals surface area contributed by atoms with Crippen LogP contribution in [0.2, 0.25) is 0 Å². The molecule has 0 amide bonds. The summed E-state index contributed by atoms with van der Waals surface area (Å²) in [4.78, 5) is 0.210. The number of thioether (sulfide) groups is 1. The maximum absolute atomic E-state index is 11.2. The van der Waals surface area contributed by atoms with Crippen LogP contribution in [0.5, 0.6) is 0 Å². The van der Waals surface area contributed by atoms with Crippen molar-refractivity contribution in [1.29, 1.82) is 0 Å². The van der Waals surface area contributed by atoms with Crippen molar-refractivity contribution in [3.8, 4) is 0 Å². The van der Waals surface area contributed by atoms with Crippen LogP contribution in [0.3, 0.4) is 0 Å². The second-order valence-corrected chi connectivity index (χ2v) is 7.64. The van der Waals surface area contributed by atoms with E-state index in [9.17, 15) is 8.42 Å². The molecule has 0 bridgehead atoms. The number of halogens is 1. The molecule has 1 atom stereocenters. The Morgan fingerprint density at radius 1 is 1.38 bits per heavy atom. The first-order chi connectivity index (χ1) is 7.57. The molecule has 0 aromatic heterocycles. The summed E-state index contributed by atoms with van der Waals surface area (Å²) in [5.74, 6) is 2.76. The summed E-state index contributed by atoms with van der Waals surface area (Å²) in [7, 11) is 1.74. The van der Waals surface area contributed by atoms with Crippen molar-refractivity contribution < 1.29 is 8.42 Å². The summed E-state index contributed by atoms with van der Waals surface area (Å²) in [5, 5.41) is 0. The molecule has 1 heterocycles. The van der Waals surface area contributed by atoms with Gasteiger partial charge in [-0.25, -0.2) is 8.42 Å². The van der Waals surface area contributed by atoms with E-state index in [1.807, 2.05) is 17.8 Å². The molecule has 1 aromatic carbocycles. The van der Waals surface area contributed by atoms with Gasteiger partial charge in [0, 0.05) is 16.4 Å². The molecule has 5 heteroatoms.